The molecule has 0 spiro atoms. The SMILES string of the molecule is COC1CN(c2ccc3c(c2C=O)OCCO3)C1. The molecule has 0 aromatic heterocycles. The van der Waals surface area contributed by atoms with Crippen LogP contribution in [0.5, 0.6) is 11.5 Å². The van der Waals surface area contributed by atoms with Crippen molar-refractivity contribution in [3.05, 3.63) is 17.7 Å². The van der Waals surface area contributed by atoms with Gasteiger partial charge in [0.25, 0.3) is 0 Å². The second kappa shape index (κ2) is 4.49. The van der Waals surface area contributed by atoms with Gasteiger partial charge in [-0.15, -0.1) is 0 Å². The smallest absolute Gasteiger partial charge is 0.173 e. The van der Waals surface area contributed by atoms with Crippen LogP contribution in [0.3, 0.4) is 0 Å². The van der Waals surface area contributed by atoms with Gasteiger partial charge in [0.05, 0.1) is 17.4 Å². The average molecular weight is 249 g/mol. The first-order valence-electron chi connectivity index (χ1n) is 5.99. The van der Waals surface area contributed by atoms with Crippen LogP contribution in [-0.2, 0) is 4.74 Å². The average Bonchev–Trinajstić information content (AvgIpc) is 2.37. The van der Waals surface area contributed by atoms with Gasteiger partial charge in [-0.05, 0) is 12.1 Å². The summed E-state index contributed by atoms with van der Waals surface area (Å²) in [5.41, 5.74) is 1.46. The summed E-state index contributed by atoms with van der Waals surface area (Å²) in [5.74, 6) is 1.21. The molecule has 5 nitrogen and oxygen atoms in total. The van der Waals surface area contributed by atoms with Gasteiger partial charge < -0.3 is 19.1 Å². The van der Waals surface area contributed by atoms with Crippen molar-refractivity contribution < 1.29 is 19.0 Å². The number of carbonyl (C=O) groups is 1. The van der Waals surface area contributed by atoms with Crippen LogP contribution in [0.4, 0.5) is 5.69 Å². The van der Waals surface area contributed by atoms with Crippen molar-refractivity contribution in [3.8, 4) is 11.5 Å². The number of hydrogen-bond acceptors (Lipinski definition) is 5. The number of carbonyl (C=O) groups excluding carboxylic acids is 1. The molecule has 0 radical (unpaired) electrons. The van der Waals surface area contributed by atoms with Crippen molar-refractivity contribution in [2.75, 3.05) is 38.3 Å². The lowest BCUT2D eigenvalue weighted by atomic mass is 10.1. The molecule has 2 aliphatic rings. The molecule has 2 aliphatic heterocycles. The van der Waals surface area contributed by atoms with E-state index in [9.17, 15) is 4.79 Å². The molecular formula is C13H15NO4. The van der Waals surface area contributed by atoms with Gasteiger partial charge >= 0.3 is 0 Å². The number of methoxy groups -OCH3 is 1. The lowest BCUT2D eigenvalue weighted by molar-refractivity contribution is 0.0784. The Kier molecular flexibility index (Phi) is 2.83. The zero-order valence-electron chi connectivity index (χ0n) is 10.2. The van der Waals surface area contributed by atoms with E-state index in [1.807, 2.05) is 12.1 Å². The summed E-state index contributed by atoms with van der Waals surface area (Å²) >= 11 is 0. The van der Waals surface area contributed by atoms with E-state index in [1.54, 1.807) is 7.11 Å². The molecule has 18 heavy (non-hydrogen) atoms. The molecule has 0 N–H and O–H groups in total. The summed E-state index contributed by atoms with van der Waals surface area (Å²) in [5, 5.41) is 0. The molecule has 0 aliphatic carbocycles. The van der Waals surface area contributed by atoms with Gasteiger partial charge in [0.15, 0.2) is 17.8 Å². The molecule has 0 amide bonds. The Hall–Kier alpha value is -1.75. The zero-order chi connectivity index (χ0) is 12.5. The Morgan fingerprint density at radius 2 is 2.11 bits per heavy atom. The molecule has 96 valence electrons. The van der Waals surface area contributed by atoms with Gasteiger partial charge in [-0.25, -0.2) is 0 Å². The summed E-state index contributed by atoms with van der Waals surface area (Å²) in [6.07, 6.45) is 1.08. The maximum Gasteiger partial charge on any atom is 0.173 e. The van der Waals surface area contributed by atoms with Crippen molar-refractivity contribution in [1.29, 1.82) is 0 Å². The van der Waals surface area contributed by atoms with E-state index in [0.717, 1.165) is 25.1 Å². The van der Waals surface area contributed by atoms with Crippen LogP contribution in [-0.4, -0.2) is 45.8 Å². The Morgan fingerprint density at radius 1 is 1.33 bits per heavy atom. The predicted molar refractivity (Wildman–Crippen MR) is 65.8 cm³/mol. The van der Waals surface area contributed by atoms with Crippen LogP contribution in [0.15, 0.2) is 12.1 Å². The van der Waals surface area contributed by atoms with E-state index in [-0.39, 0.29) is 6.10 Å². The molecule has 3 rings (SSSR count). The minimum Gasteiger partial charge on any atom is -0.486 e. The van der Waals surface area contributed by atoms with Gasteiger partial charge in [0, 0.05) is 20.2 Å². The Morgan fingerprint density at radius 3 is 2.83 bits per heavy atom. The molecule has 0 bridgehead atoms. The number of nitrogens with zero attached hydrogens (tertiary/aromatic N) is 1. The minimum absolute atomic E-state index is 0.248. The van der Waals surface area contributed by atoms with Crippen LogP contribution < -0.4 is 14.4 Å². The fourth-order valence-corrected chi connectivity index (χ4v) is 2.30. The molecular weight excluding hydrogens is 234 g/mol. The van der Waals surface area contributed by atoms with Crippen LogP contribution in [0, 0.1) is 0 Å². The predicted octanol–water partition coefficient (Wildman–Crippen LogP) is 1.11. The van der Waals surface area contributed by atoms with Crippen LogP contribution in [0.2, 0.25) is 0 Å². The Balaban J connectivity index is 1.93. The lowest BCUT2D eigenvalue weighted by Gasteiger charge is -2.41. The van der Waals surface area contributed by atoms with E-state index in [4.69, 9.17) is 14.2 Å². The second-order valence-corrected chi connectivity index (χ2v) is 4.40. The summed E-state index contributed by atoms with van der Waals surface area (Å²) in [6, 6.07) is 3.76. The minimum atomic E-state index is 0.248. The Bertz CT molecular complexity index is 468. The third kappa shape index (κ3) is 1.71. The van der Waals surface area contributed by atoms with Gasteiger partial charge in [0.2, 0.25) is 0 Å². The number of ether oxygens (including phenoxy) is 3. The first kappa shape index (κ1) is 11.3. The fourth-order valence-electron chi connectivity index (χ4n) is 2.30. The molecule has 2 heterocycles. The molecule has 5 heteroatoms. The van der Waals surface area contributed by atoms with E-state index < -0.39 is 0 Å². The van der Waals surface area contributed by atoms with Gasteiger partial charge in [-0.3, -0.25) is 4.79 Å². The van der Waals surface area contributed by atoms with Crippen molar-refractivity contribution in [3.63, 3.8) is 0 Å². The maximum absolute atomic E-state index is 11.3. The number of benzene rings is 1. The van der Waals surface area contributed by atoms with E-state index in [2.05, 4.69) is 4.90 Å². The summed E-state index contributed by atoms with van der Waals surface area (Å²) in [4.78, 5) is 13.4. The summed E-state index contributed by atoms with van der Waals surface area (Å²) in [7, 11) is 1.70. The van der Waals surface area contributed by atoms with Crippen LogP contribution >= 0.6 is 0 Å². The fraction of sp³-hybridized carbons (Fsp3) is 0.462. The molecule has 1 fully saturated rings. The van der Waals surface area contributed by atoms with Gasteiger partial charge in [0.1, 0.15) is 13.2 Å². The van der Waals surface area contributed by atoms with Crippen molar-refractivity contribution in [2.24, 2.45) is 0 Å². The maximum atomic E-state index is 11.3. The quantitative estimate of drug-likeness (QED) is 0.751. The highest BCUT2D eigenvalue weighted by atomic mass is 16.6. The number of hydrogen-bond donors (Lipinski definition) is 0. The van der Waals surface area contributed by atoms with Gasteiger partial charge in [-0.2, -0.15) is 0 Å². The molecule has 0 saturated carbocycles. The lowest BCUT2D eigenvalue weighted by Crippen LogP contribution is -2.52. The number of aldehydes is 1. The van der Waals surface area contributed by atoms with Crippen molar-refractivity contribution in [2.45, 2.75) is 6.10 Å². The largest absolute Gasteiger partial charge is 0.486 e. The Labute approximate surface area is 105 Å². The second-order valence-electron chi connectivity index (χ2n) is 4.40. The molecule has 0 unspecified atom stereocenters. The number of fused-ring (bicyclic) bond motifs is 1. The first-order chi connectivity index (χ1) is 8.83. The monoisotopic (exact) mass is 249 g/mol. The molecule has 1 saturated heterocycles. The number of rotatable bonds is 3. The van der Waals surface area contributed by atoms with E-state index in [0.29, 0.717) is 30.3 Å². The van der Waals surface area contributed by atoms with Crippen molar-refractivity contribution >= 4 is 12.0 Å². The highest BCUT2D eigenvalue weighted by molar-refractivity contribution is 5.90. The highest BCUT2D eigenvalue weighted by Crippen LogP contribution is 2.39. The van der Waals surface area contributed by atoms with Crippen LogP contribution in [0.1, 0.15) is 10.4 Å². The third-order valence-electron chi connectivity index (χ3n) is 3.36. The summed E-state index contributed by atoms with van der Waals surface area (Å²) < 4.78 is 16.2. The highest BCUT2D eigenvalue weighted by Gasteiger charge is 2.30. The normalized spacial score (nSPS) is 18.4. The standard InChI is InChI=1S/C13H15NO4/c1-16-9-6-14(7-9)11-2-3-12-13(10(11)8-15)18-5-4-17-12/h2-3,8-9H,4-7H2,1H3. The van der Waals surface area contributed by atoms with Crippen LogP contribution in [0.25, 0.3) is 0 Å². The van der Waals surface area contributed by atoms with E-state index >= 15 is 0 Å². The first-order valence-corrected chi connectivity index (χ1v) is 5.99. The third-order valence-corrected chi connectivity index (χ3v) is 3.36. The zero-order valence-corrected chi connectivity index (χ0v) is 10.2. The van der Waals surface area contributed by atoms with Gasteiger partial charge in [-0.1, -0.05) is 0 Å². The molecule has 1 aromatic rings. The van der Waals surface area contributed by atoms with Crippen molar-refractivity contribution in [1.82, 2.24) is 0 Å². The van der Waals surface area contributed by atoms with E-state index in [1.165, 1.54) is 0 Å². The molecule has 0 atom stereocenters. The number of anilines is 1. The summed E-state index contributed by atoms with van der Waals surface area (Å²) in [6.45, 7) is 2.62. The molecule has 1 aromatic carbocycles. The topological polar surface area (TPSA) is 48.0 Å².